The van der Waals surface area contributed by atoms with Gasteiger partial charge in [-0.25, -0.2) is 0 Å². The van der Waals surface area contributed by atoms with Gasteiger partial charge in [0.1, 0.15) is 11.5 Å². The quantitative estimate of drug-likeness (QED) is 0.715. The zero-order chi connectivity index (χ0) is 20.6. The summed E-state index contributed by atoms with van der Waals surface area (Å²) in [5.74, 6) is 1.09. The minimum atomic E-state index is -0.434. The van der Waals surface area contributed by atoms with E-state index in [2.05, 4.69) is 10.2 Å². The zero-order valence-corrected chi connectivity index (χ0v) is 17.1. The maximum absolute atomic E-state index is 12.6. The summed E-state index contributed by atoms with van der Waals surface area (Å²) in [7, 11) is 3.14. The van der Waals surface area contributed by atoms with Crippen LogP contribution in [0.4, 0.5) is 0 Å². The van der Waals surface area contributed by atoms with Crippen LogP contribution in [0.2, 0.25) is 0 Å². The molecule has 6 heteroatoms. The lowest BCUT2D eigenvalue weighted by Gasteiger charge is -2.32. The number of benzene rings is 2. The molecule has 2 aromatic carbocycles. The maximum Gasteiger partial charge on any atom is 0.251 e. The lowest BCUT2D eigenvalue weighted by atomic mass is 10.0. The number of aliphatic hydroxyl groups is 1. The highest BCUT2D eigenvalue weighted by Gasteiger charge is 2.22. The highest BCUT2D eigenvalue weighted by molar-refractivity contribution is 5.95. The number of ether oxygens (including phenoxy) is 2. The summed E-state index contributed by atoms with van der Waals surface area (Å²) in [6.45, 7) is 2.67. The Hall–Kier alpha value is -2.57. The molecule has 0 unspecified atom stereocenters. The molecule has 1 amide bonds. The molecule has 0 aromatic heterocycles. The fourth-order valence-corrected chi connectivity index (χ4v) is 3.65. The number of carbonyl (C=O) groups excluding carboxylic acids is 1. The molecule has 156 valence electrons. The number of nitrogens with one attached hydrogen (secondary N) is 1. The van der Waals surface area contributed by atoms with Gasteiger partial charge in [-0.2, -0.15) is 0 Å². The Morgan fingerprint density at radius 3 is 2.31 bits per heavy atom. The van der Waals surface area contributed by atoms with Gasteiger partial charge in [-0.15, -0.1) is 0 Å². The highest BCUT2D eigenvalue weighted by atomic mass is 16.5. The van der Waals surface area contributed by atoms with Gasteiger partial charge >= 0.3 is 0 Å². The number of rotatable bonds is 8. The van der Waals surface area contributed by atoms with Crippen LogP contribution in [-0.4, -0.2) is 55.8 Å². The fraction of sp³-hybridized carbons (Fsp3) is 0.435. The van der Waals surface area contributed by atoms with Crippen LogP contribution in [0.25, 0.3) is 0 Å². The van der Waals surface area contributed by atoms with Crippen molar-refractivity contribution in [3.05, 3.63) is 59.7 Å². The van der Waals surface area contributed by atoms with E-state index < -0.39 is 6.10 Å². The molecular weight excluding hydrogens is 368 g/mol. The number of likely N-dealkylation sites (tertiary alicyclic amines) is 1. The summed E-state index contributed by atoms with van der Waals surface area (Å²) in [6.07, 6.45) is 2.07. The van der Waals surface area contributed by atoms with Crippen LogP contribution in [0.3, 0.4) is 0 Å². The molecular formula is C23H30N2O4. The lowest BCUT2D eigenvalue weighted by Crippen LogP contribution is -2.45. The van der Waals surface area contributed by atoms with Gasteiger partial charge in [0.15, 0.2) is 0 Å². The number of hydrogen-bond donors (Lipinski definition) is 2. The third-order valence-electron chi connectivity index (χ3n) is 5.44. The SMILES string of the molecule is COc1cc(OC)cc(C(=O)NC2CCN(CC[C@H](O)c3ccccc3)CC2)c1. The second kappa shape index (κ2) is 10.3. The third-order valence-corrected chi connectivity index (χ3v) is 5.44. The first-order chi connectivity index (χ1) is 14.1. The number of methoxy groups -OCH3 is 2. The number of aliphatic hydroxyl groups excluding tert-OH is 1. The molecule has 1 saturated heterocycles. The second-order valence-corrected chi connectivity index (χ2v) is 7.41. The van der Waals surface area contributed by atoms with Gasteiger partial charge in [-0.3, -0.25) is 4.79 Å². The zero-order valence-electron chi connectivity index (χ0n) is 17.1. The molecule has 0 aliphatic carbocycles. The smallest absolute Gasteiger partial charge is 0.251 e. The minimum absolute atomic E-state index is 0.111. The fourth-order valence-electron chi connectivity index (χ4n) is 3.65. The van der Waals surface area contributed by atoms with Crippen molar-refractivity contribution in [2.75, 3.05) is 33.9 Å². The van der Waals surface area contributed by atoms with Gasteiger partial charge < -0.3 is 24.8 Å². The number of amides is 1. The van der Waals surface area contributed by atoms with Crippen molar-refractivity contribution in [3.63, 3.8) is 0 Å². The topological polar surface area (TPSA) is 71.0 Å². The van der Waals surface area contributed by atoms with Crippen LogP contribution >= 0.6 is 0 Å². The van der Waals surface area contributed by atoms with E-state index in [1.807, 2.05) is 30.3 Å². The third kappa shape index (κ3) is 5.95. The molecule has 2 aromatic rings. The molecule has 0 spiro atoms. The van der Waals surface area contributed by atoms with Gasteiger partial charge in [0.05, 0.1) is 20.3 Å². The van der Waals surface area contributed by atoms with Crippen molar-refractivity contribution >= 4 is 5.91 Å². The van der Waals surface area contributed by atoms with E-state index in [0.29, 0.717) is 23.5 Å². The van der Waals surface area contributed by atoms with Crippen LogP contribution in [0.5, 0.6) is 11.5 Å². The number of carbonyl (C=O) groups is 1. The second-order valence-electron chi connectivity index (χ2n) is 7.41. The first-order valence-corrected chi connectivity index (χ1v) is 10.1. The van der Waals surface area contributed by atoms with Crippen molar-refractivity contribution in [3.8, 4) is 11.5 Å². The van der Waals surface area contributed by atoms with Gasteiger partial charge in [-0.05, 0) is 37.0 Å². The molecule has 1 heterocycles. The summed E-state index contributed by atoms with van der Waals surface area (Å²) in [4.78, 5) is 15.0. The van der Waals surface area contributed by atoms with Crippen molar-refractivity contribution < 1.29 is 19.4 Å². The van der Waals surface area contributed by atoms with Gasteiger partial charge in [0, 0.05) is 37.3 Å². The molecule has 0 radical (unpaired) electrons. The van der Waals surface area contributed by atoms with Crippen molar-refractivity contribution in [2.45, 2.75) is 31.4 Å². The summed E-state index contributed by atoms with van der Waals surface area (Å²) < 4.78 is 10.5. The normalized spacial score (nSPS) is 16.2. The molecule has 0 saturated carbocycles. The van der Waals surface area contributed by atoms with E-state index in [4.69, 9.17) is 9.47 Å². The average molecular weight is 399 g/mol. The average Bonchev–Trinajstić information content (AvgIpc) is 2.78. The van der Waals surface area contributed by atoms with Crippen molar-refractivity contribution in [2.24, 2.45) is 0 Å². The Bertz CT molecular complexity index is 766. The Labute approximate surface area is 172 Å². The predicted octanol–water partition coefficient (Wildman–Crippen LogP) is 3.02. The molecule has 1 fully saturated rings. The van der Waals surface area contributed by atoms with E-state index in [1.165, 1.54) is 0 Å². The molecule has 29 heavy (non-hydrogen) atoms. The molecule has 6 nitrogen and oxygen atoms in total. The Morgan fingerprint density at radius 1 is 1.10 bits per heavy atom. The van der Waals surface area contributed by atoms with Crippen molar-refractivity contribution in [1.29, 1.82) is 0 Å². The van der Waals surface area contributed by atoms with Crippen molar-refractivity contribution in [1.82, 2.24) is 10.2 Å². The largest absolute Gasteiger partial charge is 0.497 e. The lowest BCUT2D eigenvalue weighted by molar-refractivity contribution is 0.0900. The van der Waals surface area contributed by atoms with Crippen LogP contribution < -0.4 is 14.8 Å². The van der Waals surface area contributed by atoms with Crippen LogP contribution in [-0.2, 0) is 0 Å². The molecule has 0 bridgehead atoms. The maximum atomic E-state index is 12.6. The highest BCUT2D eigenvalue weighted by Crippen LogP contribution is 2.23. The Balaban J connectivity index is 1.45. The summed E-state index contributed by atoms with van der Waals surface area (Å²) in [6, 6.07) is 15.1. The minimum Gasteiger partial charge on any atom is -0.497 e. The molecule has 1 aliphatic heterocycles. The van der Waals surface area contributed by atoms with E-state index in [9.17, 15) is 9.90 Å². The monoisotopic (exact) mass is 398 g/mol. The molecule has 1 atom stereocenters. The van der Waals surface area contributed by atoms with Gasteiger partial charge in [0.25, 0.3) is 5.91 Å². The van der Waals surface area contributed by atoms with E-state index in [-0.39, 0.29) is 11.9 Å². The van der Waals surface area contributed by atoms with Gasteiger partial charge in [-0.1, -0.05) is 30.3 Å². The first-order valence-electron chi connectivity index (χ1n) is 10.1. The molecule has 1 aliphatic rings. The van der Waals surface area contributed by atoms with E-state index in [0.717, 1.165) is 38.0 Å². The number of piperidine rings is 1. The summed E-state index contributed by atoms with van der Waals surface area (Å²) >= 11 is 0. The van der Waals surface area contributed by atoms with Crippen LogP contribution in [0, 0.1) is 0 Å². The first kappa shape index (κ1) is 21.1. The molecule has 2 N–H and O–H groups in total. The number of hydrogen-bond acceptors (Lipinski definition) is 5. The standard InChI is InChI=1S/C23H30N2O4/c1-28-20-14-18(15-21(16-20)29-2)23(27)24-19-8-11-25(12-9-19)13-10-22(26)17-6-4-3-5-7-17/h3-7,14-16,19,22,26H,8-13H2,1-2H3,(H,24,27)/t22-/m0/s1. The van der Waals surface area contributed by atoms with Crippen LogP contribution in [0.15, 0.2) is 48.5 Å². The Morgan fingerprint density at radius 2 is 1.72 bits per heavy atom. The van der Waals surface area contributed by atoms with E-state index in [1.54, 1.807) is 32.4 Å². The number of nitrogens with zero attached hydrogens (tertiary/aromatic N) is 1. The summed E-state index contributed by atoms with van der Waals surface area (Å²) in [5, 5.41) is 13.5. The van der Waals surface area contributed by atoms with E-state index >= 15 is 0 Å². The predicted molar refractivity (Wildman–Crippen MR) is 112 cm³/mol. The van der Waals surface area contributed by atoms with Crippen LogP contribution in [0.1, 0.15) is 41.3 Å². The Kier molecular flexibility index (Phi) is 7.49. The summed E-state index contributed by atoms with van der Waals surface area (Å²) in [5.41, 5.74) is 1.50. The molecule has 3 rings (SSSR count). The van der Waals surface area contributed by atoms with Gasteiger partial charge in [0.2, 0.25) is 0 Å².